The Hall–Kier alpha value is -2.38. The van der Waals surface area contributed by atoms with Crippen LogP contribution in [0.1, 0.15) is 27.4 Å². The zero-order valence-corrected chi connectivity index (χ0v) is 13.6. The van der Waals surface area contributed by atoms with E-state index in [1.165, 1.54) is 13.8 Å². The molecular weight excluding hydrogens is 318 g/mol. The van der Waals surface area contributed by atoms with Crippen LogP contribution in [0.15, 0.2) is 46.2 Å². The predicted octanol–water partition coefficient (Wildman–Crippen LogP) is 2.59. The topological polar surface area (TPSA) is 96.6 Å². The number of carboxylic acid groups (broad SMARTS) is 1. The lowest BCUT2D eigenvalue weighted by molar-refractivity contribution is 0.0691. The van der Waals surface area contributed by atoms with E-state index in [9.17, 15) is 18.3 Å². The van der Waals surface area contributed by atoms with Gasteiger partial charge in [0, 0.05) is 6.54 Å². The summed E-state index contributed by atoms with van der Waals surface area (Å²) < 4.78 is 32.4. The molecule has 2 N–H and O–H groups in total. The van der Waals surface area contributed by atoms with E-state index in [2.05, 4.69) is 11.3 Å². The molecule has 0 aliphatic carbocycles. The Morgan fingerprint density at radius 3 is 2.39 bits per heavy atom. The Morgan fingerprint density at radius 1 is 1.22 bits per heavy atom. The molecule has 0 amide bonds. The summed E-state index contributed by atoms with van der Waals surface area (Å²) in [5.41, 5.74) is 1.03. The first kappa shape index (κ1) is 17.0. The van der Waals surface area contributed by atoms with Crippen molar-refractivity contribution in [3.63, 3.8) is 0 Å². The summed E-state index contributed by atoms with van der Waals surface area (Å²) in [4.78, 5) is 10.9. The van der Waals surface area contributed by atoms with E-state index >= 15 is 0 Å². The lowest BCUT2D eigenvalue weighted by Gasteiger charge is -2.09. The second-order valence-electron chi connectivity index (χ2n) is 5.02. The molecule has 0 bridgehead atoms. The zero-order valence-electron chi connectivity index (χ0n) is 12.8. The Kier molecular flexibility index (Phi) is 4.72. The Labute approximate surface area is 134 Å². The monoisotopic (exact) mass is 335 g/mol. The molecule has 0 fully saturated rings. The van der Waals surface area contributed by atoms with Gasteiger partial charge in [-0.25, -0.2) is 17.9 Å². The molecule has 0 saturated heterocycles. The number of carboxylic acids is 1. The number of nitrogens with one attached hydrogen (secondary N) is 1. The number of hydrogen-bond donors (Lipinski definition) is 2. The van der Waals surface area contributed by atoms with Gasteiger partial charge in [-0.3, -0.25) is 0 Å². The van der Waals surface area contributed by atoms with Gasteiger partial charge in [0.1, 0.15) is 22.0 Å². The van der Waals surface area contributed by atoms with Crippen LogP contribution in [0.3, 0.4) is 0 Å². The predicted molar refractivity (Wildman–Crippen MR) is 85.8 cm³/mol. The van der Waals surface area contributed by atoms with Crippen LogP contribution < -0.4 is 4.72 Å². The third-order valence-electron chi connectivity index (χ3n) is 3.35. The van der Waals surface area contributed by atoms with Crippen LogP contribution in [0.2, 0.25) is 0 Å². The fraction of sp³-hybridized carbons (Fsp3) is 0.188. The maximum atomic E-state index is 12.5. The molecule has 0 aliphatic rings. The average Bonchev–Trinajstić information content (AvgIpc) is 2.81. The Balaban J connectivity index is 2.27. The minimum atomic E-state index is -4.03. The molecule has 1 aromatic carbocycles. The fourth-order valence-electron chi connectivity index (χ4n) is 2.26. The molecule has 2 aromatic rings. The third-order valence-corrected chi connectivity index (χ3v) is 4.90. The summed E-state index contributed by atoms with van der Waals surface area (Å²) in [6, 6.07) is 9.11. The van der Waals surface area contributed by atoms with Gasteiger partial charge in [-0.05, 0) is 25.0 Å². The van der Waals surface area contributed by atoms with E-state index in [0.717, 1.165) is 5.56 Å². The second-order valence-corrected chi connectivity index (χ2v) is 6.72. The van der Waals surface area contributed by atoms with Gasteiger partial charge in [0.25, 0.3) is 0 Å². The van der Waals surface area contributed by atoms with Crippen molar-refractivity contribution in [3.05, 3.63) is 59.6 Å². The van der Waals surface area contributed by atoms with Crippen molar-refractivity contribution in [1.29, 1.82) is 0 Å². The first-order chi connectivity index (χ1) is 10.7. The van der Waals surface area contributed by atoms with Crippen molar-refractivity contribution in [2.45, 2.75) is 18.7 Å². The minimum absolute atomic E-state index is 0.0327. The van der Waals surface area contributed by atoms with Gasteiger partial charge in [-0.1, -0.05) is 36.9 Å². The molecule has 0 radical (unpaired) electrons. The molecule has 0 aliphatic heterocycles. The van der Waals surface area contributed by atoms with Gasteiger partial charge >= 0.3 is 5.97 Å². The molecule has 0 atom stereocenters. The minimum Gasteiger partial charge on any atom is -0.478 e. The van der Waals surface area contributed by atoms with E-state index in [-0.39, 0.29) is 28.5 Å². The molecule has 23 heavy (non-hydrogen) atoms. The SMILES string of the molecule is C=C(CNS(=O)(=O)c1c(C)oc(C)c1C(=O)O)c1ccccc1. The summed E-state index contributed by atoms with van der Waals surface area (Å²) in [7, 11) is -4.03. The maximum Gasteiger partial charge on any atom is 0.340 e. The molecule has 0 spiro atoms. The number of hydrogen-bond acceptors (Lipinski definition) is 4. The largest absolute Gasteiger partial charge is 0.478 e. The summed E-state index contributed by atoms with van der Waals surface area (Å²) in [5.74, 6) is -1.25. The molecule has 0 unspecified atom stereocenters. The third kappa shape index (κ3) is 3.52. The van der Waals surface area contributed by atoms with Crippen LogP contribution in [0.5, 0.6) is 0 Å². The molecule has 1 heterocycles. The highest BCUT2D eigenvalue weighted by Crippen LogP contribution is 2.26. The van der Waals surface area contributed by atoms with Crippen LogP contribution in [0.25, 0.3) is 5.57 Å². The highest BCUT2D eigenvalue weighted by atomic mass is 32.2. The first-order valence-corrected chi connectivity index (χ1v) is 8.28. The lowest BCUT2D eigenvalue weighted by Crippen LogP contribution is -2.27. The van der Waals surface area contributed by atoms with E-state index in [1.54, 1.807) is 0 Å². The van der Waals surface area contributed by atoms with Crippen molar-refractivity contribution in [1.82, 2.24) is 4.72 Å². The van der Waals surface area contributed by atoms with Crippen LogP contribution in [-0.4, -0.2) is 26.0 Å². The molecule has 2 rings (SSSR count). The Bertz CT molecular complexity index is 850. The highest BCUT2D eigenvalue weighted by Gasteiger charge is 2.30. The van der Waals surface area contributed by atoms with E-state index in [0.29, 0.717) is 5.57 Å². The number of aromatic carboxylic acids is 1. The number of aryl methyl sites for hydroxylation is 2. The molecular formula is C16H17NO5S. The van der Waals surface area contributed by atoms with Crippen molar-refractivity contribution in [3.8, 4) is 0 Å². The summed E-state index contributed by atoms with van der Waals surface area (Å²) in [6.45, 7) is 6.64. The van der Waals surface area contributed by atoms with Gasteiger partial charge in [0.2, 0.25) is 10.0 Å². The summed E-state index contributed by atoms with van der Waals surface area (Å²) >= 11 is 0. The molecule has 1 aromatic heterocycles. The highest BCUT2D eigenvalue weighted by molar-refractivity contribution is 7.89. The summed E-state index contributed by atoms with van der Waals surface area (Å²) in [5, 5.41) is 9.21. The lowest BCUT2D eigenvalue weighted by atomic mass is 10.1. The number of carbonyl (C=O) groups is 1. The van der Waals surface area contributed by atoms with Gasteiger partial charge in [0.15, 0.2) is 0 Å². The van der Waals surface area contributed by atoms with Crippen LogP contribution in [-0.2, 0) is 10.0 Å². The standard InChI is InChI=1S/C16H17NO5S/c1-10(13-7-5-4-6-8-13)9-17-23(20,21)15-12(3)22-11(2)14(15)16(18)19/h4-8,17H,1,9H2,2-3H3,(H,18,19). The van der Waals surface area contributed by atoms with E-state index in [4.69, 9.17) is 4.42 Å². The van der Waals surface area contributed by atoms with Gasteiger partial charge < -0.3 is 9.52 Å². The smallest absolute Gasteiger partial charge is 0.340 e. The van der Waals surface area contributed by atoms with Crippen molar-refractivity contribution in [2.24, 2.45) is 0 Å². The molecule has 6 nitrogen and oxygen atoms in total. The number of furan rings is 1. The number of rotatable bonds is 6. The van der Waals surface area contributed by atoms with Crippen molar-refractivity contribution >= 4 is 21.6 Å². The number of benzene rings is 1. The van der Waals surface area contributed by atoms with Crippen LogP contribution in [0.4, 0.5) is 0 Å². The molecule has 7 heteroatoms. The maximum absolute atomic E-state index is 12.5. The van der Waals surface area contributed by atoms with Crippen LogP contribution >= 0.6 is 0 Å². The van der Waals surface area contributed by atoms with Gasteiger partial charge in [-0.15, -0.1) is 0 Å². The van der Waals surface area contributed by atoms with Gasteiger partial charge in [-0.2, -0.15) is 0 Å². The quantitative estimate of drug-likeness (QED) is 0.846. The van der Waals surface area contributed by atoms with Gasteiger partial charge in [0.05, 0.1) is 0 Å². The molecule has 0 saturated carbocycles. The van der Waals surface area contributed by atoms with Crippen molar-refractivity contribution < 1.29 is 22.7 Å². The van der Waals surface area contributed by atoms with Crippen LogP contribution in [0, 0.1) is 13.8 Å². The molecule has 122 valence electrons. The van der Waals surface area contributed by atoms with Crippen molar-refractivity contribution in [2.75, 3.05) is 6.54 Å². The second kappa shape index (κ2) is 6.39. The summed E-state index contributed by atoms with van der Waals surface area (Å²) in [6.07, 6.45) is 0. The fourth-order valence-corrected chi connectivity index (χ4v) is 3.69. The van der Waals surface area contributed by atoms with E-state index < -0.39 is 16.0 Å². The first-order valence-electron chi connectivity index (χ1n) is 6.80. The number of sulfonamides is 1. The van der Waals surface area contributed by atoms with E-state index in [1.807, 2.05) is 30.3 Å². The normalized spacial score (nSPS) is 11.4. The Morgan fingerprint density at radius 2 is 1.83 bits per heavy atom. The average molecular weight is 335 g/mol. The zero-order chi connectivity index (χ0) is 17.2.